The Hall–Kier alpha value is -1.07. The third kappa shape index (κ3) is 2.81. The molecule has 3 rings (SSSR count). The average Bonchev–Trinajstić information content (AvgIpc) is 2.78. The molecule has 0 saturated carbocycles. The molecule has 1 aromatic rings. The van der Waals surface area contributed by atoms with E-state index in [4.69, 9.17) is 4.74 Å². The predicted molar refractivity (Wildman–Crippen MR) is 74.0 cm³/mol. The Kier molecular flexibility index (Phi) is 3.74. The summed E-state index contributed by atoms with van der Waals surface area (Å²) in [6.45, 7) is 6.94. The highest BCUT2D eigenvalue weighted by atomic mass is 19.4. The monoisotopic (exact) mass is 299 g/mol. The van der Waals surface area contributed by atoms with Gasteiger partial charge in [-0.2, -0.15) is 13.2 Å². The zero-order chi connectivity index (χ0) is 15.2. The van der Waals surface area contributed by atoms with Crippen molar-refractivity contribution in [2.45, 2.75) is 38.7 Å². The van der Waals surface area contributed by atoms with E-state index >= 15 is 0 Å². The van der Waals surface area contributed by atoms with Gasteiger partial charge in [0.05, 0.1) is 18.3 Å². The Balaban J connectivity index is 1.90. The molecule has 0 amide bonds. The van der Waals surface area contributed by atoms with Crippen LogP contribution in [0, 0.1) is 5.92 Å². The number of halogens is 3. The smallest absolute Gasteiger partial charge is 0.371 e. The number of nitrogens with zero attached hydrogens (tertiary/aromatic N) is 1. The third-order valence-corrected chi connectivity index (χ3v) is 4.32. The van der Waals surface area contributed by atoms with Gasteiger partial charge in [-0.1, -0.05) is 26.0 Å². The van der Waals surface area contributed by atoms with Gasteiger partial charge in [0.1, 0.15) is 0 Å². The van der Waals surface area contributed by atoms with Crippen LogP contribution in [-0.2, 0) is 17.5 Å². The van der Waals surface area contributed by atoms with E-state index in [2.05, 4.69) is 18.7 Å². The lowest BCUT2D eigenvalue weighted by atomic mass is 9.87. The van der Waals surface area contributed by atoms with Crippen molar-refractivity contribution in [3.8, 4) is 0 Å². The molecule has 116 valence electrons. The highest BCUT2D eigenvalue weighted by molar-refractivity contribution is 5.41. The Morgan fingerprint density at radius 3 is 2.71 bits per heavy atom. The van der Waals surface area contributed by atoms with Crippen molar-refractivity contribution in [3.05, 3.63) is 34.9 Å². The number of hydrogen-bond acceptors (Lipinski definition) is 2. The van der Waals surface area contributed by atoms with E-state index in [1.165, 1.54) is 6.07 Å². The molecule has 2 nitrogen and oxygen atoms in total. The molecule has 0 aliphatic carbocycles. The van der Waals surface area contributed by atoms with Crippen molar-refractivity contribution in [1.29, 1.82) is 0 Å². The van der Waals surface area contributed by atoms with Gasteiger partial charge >= 0.3 is 6.18 Å². The molecular weight excluding hydrogens is 279 g/mol. The first-order valence-electron chi connectivity index (χ1n) is 7.39. The minimum Gasteiger partial charge on any atom is -0.371 e. The van der Waals surface area contributed by atoms with Crippen molar-refractivity contribution in [2.75, 3.05) is 19.6 Å². The molecule has 1 saturated heterocycles. The highest BCUT2D eigenvalue weighted by Gasteiger charge is 2.42. The lowest BCUT2D eigenvalue weighted by Crippen LogP contribution is -2.29. The van der Waals surface area contributed by atoms with Gasteiger partial charge in [0.2, 0.25) is 0 Å². The number of benzene rings is 1. The number of alkyl halides is 3. The number of likely N-dealkylation sites (tertiary alicyclic amines) is 1. The summed E-state index contributed by atoms with van der Waals surface area (Å²) in [6, 6.07) is 4.52. The van der Waals surface area contributed by atoms with Crippen LogP contribution >= 0.6 is 0 Å². The second-order valence-corrected chi connectivity index (χ2v) is 6.44. The fourth-order valence-electron chi connectivity index (χ4n) is 3.55. The lowest BCUT2D eigenvalue weighted by Gasteiger charge is -2.29. The zero-order valence-corrected chi connectivity index (χ0v) is 12.3. The molecule has 5 heteroatoms. The van der Waals surface area contributed by atoms with Crippen LogP contribution in [0.4, 0.5) is 13.2 Å². The Labute approximate surface area is 122 Å². The topological polar surface area (TPSA) is 12.5 Å². The van der Waals surface area contributed by atoms with Gasteiger partial charge in [-0.15, -0.1) is 0 Å². The Morgan fingerprint density at radius 1 is 1.29 bits per heavy atom. The van der Waals surface area contributed by atoms with Gasteiger partial charge in [0.15, 0.2) is 0 Å². The van der Waals surface area contributed by atoms with Crippen molar-refractivity contribution in [1.82, 2.24) is 4.90 Å². The maximum Gasteiger partial charge on any atom is 0.416 e. The second-order valence-electron chi connectivity index (χ2n) is 6.44. The molecule has 0 N–H and O–H groups in total. The van der Waals surface area contributed by atoms with Gasteiger partial charge in [0, 0.05) is 25.6 Å². The fraction of sp³-hybridized carbons (Fsp3) is 0.625. The molecule has 0 unspecified atom stereocenters. The predicted octanol–water partition coefficient (Wildman–Crippen LogP) is 3.66. The number of rotatable bonds is 2. The third-order valence-electron chi connectivity index (χ3n) is 4.32. The van der Waals surface area contributed by atoms with Gasteiger partial charge in [-0.25, -0.2) is 0 Å². The van der Waals surface area contributed by atoms with E-state index in [1.54, 1.807) is 0 Å². The van der Waals surface area contributed by atoms with Crippen LogP contribution < -0.4 is 0 Å². The summed E-state index contributed by atoms with van der Waals surface area (Å²) in [6.07, 6.45) is -4.28. The maximum absolute atomic E-state index is 13.1. The Bertz CT molecular complexity index is 527. The van der Waals surface area contributed by atoms with Gasteiger partial charge in [0.25, 0.3) is 0 Å². The van der Waals surface area contributed by atoms with Crippen molar-refractivity contribution >= 4 is 0 Å². The summed E-state index contributed by atoms with van der Waals surface area (Å²) >= 11 is 0. The lowest BCUT2D eigenvalue weighted by molar-refractivity contribution is -0.139. The number of ether oxygens (including phenoxy) is 1. The highest BCUT2D eigenvalue weighted by Crippen LogP contribution is 2.42. The van der Waals surface area contributed by atoms with E-state index in [9.17, 15) is 13.2 Å². The summed E-state index contributed by atoms with van der Waals surface area (Å²) in [4.78, 5) is 2.30. The first kappa shape index (κ1) is 14.9. The minimum absolute atomic E-state index is 0.0275. The normalized spacial score (nSPS) is 26.0. The van der Waals surface area contributed by atoms with Crippen LogP contribution in [-0.4, -0.2) is 30.6 Å². The molecular formula is C16H20F3NO. The molecule has 0 radical (unpaired) electrons. The first-order chi connectivity index (χ1) is 9.86. The zero-order valence-electron chi connectivity index (χ0n) is 12.3. The molecule has 0 bridgehead atoms. The quantitative estimate of drug-likeness (QED) is 0.826. The maximum atomic E-state index is 13.1. The summed E-state index contributed by atoms with van der Waals surface area (Å²) < 4.78 is 45.0. The van der Waals surface area contributed by atoms with Gasteiger partial charge < -0.3 is 4.74 Å². The second kappa shape index (κ2) is 5.29. The van der Waals surface area contributed by atoms with E-state index < -0.39 is 11.7 Å². The van der Waals surface area contributed by atoms with Crippen LogP contribution in [0.2, 0.25) is 0 Å². The minimum atomic E-state index is -4.31. The molecule has 0 spiro atoms. The standard InChI is InChI=1S/C16H20F3NO/c1-10(2)6-20-7-12-11-4-3-5-14(16(17,18)19)13(11)9-21-15(12)8-20/h3-5,10,12,15H,6-9H2,1-2H3/t12-,15-/m0/s1. The summed E-state index contributed by atoms with van der Waals surface area (Å²) in [7, 11) is 0. The number of hydrogen-bond donors (Lipinski definition) is 0. The molecule has 2 atom stereocenters. The summed E-state index contributed by atoms with van der Waals surface area (Å²) in [5.74, 6) is 0.612. The molecule has 2 aliphatic rings. The largest absolute Gasteiger partial charge is 0.416 e. The Morgan fingerprint density at radius 2 is 2.05 bits per heavy atom. The summed E-state index contributed by atoms with van der Waals surface area (Å²) in [5.41, 5.74) is 0.616. The van der Waals surface area contributed by atoms with Gasteiger partial charge in [-0.05, 0) is 23.1 Å². The molecule has 1 fully saturated rings. The van der Waals surface area contributed by atoms with E-state index in [1.807, 2.05) is 6.07 Å². The molecule has 1 aromatic carbocycles. The molecule has 21 heavy (non-hydrogen) atoms. The van der Waals surface area contributed by atoms with Crippen molar-refractivity contribution < 1.29 is 17.9 Å². The average molecular weight is 299 g/mol. The molecule has 2 heterocycles. The van der Waals surface area contributed by atoms with Crippen LogP contribution in [0.3, 0.4) is 0 Å². The van der Waals surface area contributed by atoms with E-state index in [0.717, 1.165) is 31.3 Å². The van der Waals surface area contributed by atoms with Crippen LogP contribution in [0.25, 0.3) is 0 Å². The van der Waals surface area contributed by atoms with Crippen molar-refractivity contribution in [3.63, 3.8) is 0 Å². The van der Waals surface area contributed by atoms with Gasteiger partial charge in [-0.3, -0.25) is 4.90 Å². The van der Waals surface area contributed by atoms with E-state index in [-0.39, 0.29) is 18.6 Å². The van der Waals surface area contributed by atoms with Crippen molar-refractivity contribution in [2.24, 2.45) is 5.92 Å². The van der Waals surface area contributed by atoms with Crippen LogP contribution in [0.1, 0.15) is 36.5 Å². The number of fused-ring (bicyclic) bond motifs is 3. The molecule has 2 aliphatic heterocycles. The fourth-order valence-corrected chi connectivity index (χ4v) is 3.55. The molecule has 0 aromatic heterocycles. The van der Waals surface area contributed by atoms with Crippen LogP contribution in [0.15, 0.2) is 18.2 Å². The van der Waals surface area contributed by atoms with E-state index in [0.29, 0.717) is 11.5 Å². The van der Waals surface area contributed by atoms with Crippen LogP contribution in [0.5, 0.6) is 0 Å². The SMILES string of the molecule is CC(C)CN1C[C@@H]2OCc3c(cccc3C(F)(F)F)[C@@H]2C1. The first-order valence-corrected chi connectivity index (χ1v) is 7.39. The summed E-state index contributed by atoms with van der Waals surface area (Å²) in [5, 5.41) is 0.